The SMILES string of the molecule is Cc1cc(C(N)=S)nc(N2CCN(C(C)C)CC2)n1. The third-order valence-corrected chi connectivity index (χ3v) is 3.63. The first-order valence-corrected chi connectivity index (χ1v) is 7.02. The molecule has 0 saturated carbocycles. The highest BCUT2D eigenvalue weighted by Gasteiger charge is 2.21. The molecule has 0 radical (unpaired) electrons. The first-order chi connectivity index (χ1) is 8.97. The molecule has 1 aliphatic heterocycles. The largest absolute Gasteiger partial charge is 0.388 e. The predicted octanol–water partition coefficient (Wildman–Crippen LogP) is 0.950. The molecule has 0 aliphatic carbocycles. The summed E-state index contributed by atoms with van der Waals surface area (Å²) >= 11 is 5.00. The molecule has 0 bridgehead atoms. The molecule has 2 heterocycles. The summed E-state index contributed by atoms with van der Waals surface area (Å²) in [7, 11) is 0. The van der Waals surface area contributed by atoms with Crippen LogP contribution in [0.5, 0.6) is 0 Å². The van der Waals surface area contributed by atoms with Crippen LogP contribution in [0.1, 0.15) is 25.2 Å². The molecular formula is C13H21N5S. The lowest BCUT2D eigenvalue weighted by Gasteiger charge is -2.37. The average Bonchev–Trinajstić information content (AvgIpc) is 2.38. The number of nitrogens with two attached hydrogens (primary N) is 1. The predicted molar refractivity (Wildman–Crippen MR) is 81.6 cm³/mol. The van der Waals surface area contributed by atoms with Crippen molar-refractivity contribution < 1.29 is 0 Å². The van der Waals surface area contributed by atoms with E-state index in [-0.39, 0.29) is 0 Å². The Hall–Kier alpha value is -1.27. The summed E-state index contributed by atoms with van der Waals surface area (Å²) in [5.74, 6) is 0.742. The van der Waals surface area contributed by atoms with E-state index in [0.29, 0.717) is 16.7 Å². The first-order valence-electron chi connectivity index (χ1n) is 6.62. The summed E-state index contributed by atoms with van der Waals surface area (Å²) in [6.07, 6.45) is 0. The quantitative estimate of drug-likeness (QED) is 0.831. The summed E-state index contributed by atoms with van der Waals surface area (Å²) in [6, 6.07) is 2.42. The van der Waals surface area contributed by atoms with E-state index in [0.717, 1.165) is 37.8 Å². The van der Waals surface area contributed by atoms with Crippen molar-refractivity contribution in [1.82, 2.24) is 14.9 Å². The van der Waals surface area contributed by atoms with Crippen LogP contribution in [-0.2, 0) is 0 Å². The van der Waals surface area contributed by atoms with Gasteiger partial charge in [0, 0.05) is 37.9 Å². The lowest BCUT2D eigenvalue weighted by Crippen LogP contribution is -2.49. The molecule has 1 aromatic heterocycles. The van der Waals surface area contributed by atoms with E-state index in [1.54, 1.807) is 0 Å². The van der Waals surface area contributed by atoms with Crippen LogP contribution in [0.25, 0.3) is 0 Å². The smallest absolute Gasteiger partial charge is 0.226 e. The van der Waals surface area contributed by atoms with Crippen molar-refractivity contribution in [3.63, 3.8) is 0 Å². The number of nitrogens with zero attached hydrogens (tertiary/aromatic N) is 4. The first kappa shape index (κ1) is 14.1. The Balaban J connectivity index is 2.13. The summed E-state index contributed by atoms with van der Waals surface area (Å²) in [5.41, 5.74) is 7.22. The molecule has 1 aliphatic rings. The fourth-order valence-corrected chi connectivity index (χ4v) is 2.36. The Morgan fingerprint density at radius 3 is 2.42 bits per heavy atom. The Morgan fingerprint density at radius 1 is 1.26 bits per heavy atom. The van der Waals surface area contributed by atoms with E-state index < -0.39 is 0 Å². The Kier molecular flexibility index (Phi) is 4.31. The van der Waals surface area contributed by atoms with Crippen LogP contribution in [0, 0.1) is 6.92 Å². The van der Waals surface area contributed by atoms with E-state index >= 15 is 0 Å². The van der Waals surface area contributed by atoms with Crippen molar-refractivity contribution in [2.45, 2.75) is 26.8 Å². The molecule has 2 N–H and O–H groups in total. The maximum atomic E-state index is 5.66. The molecule has 0 aromatic carbocycles. The normalized spacial score (nSPS) is 16.9. The van der Waals surface area contributed by atoms with E-state index in [1.807, 2.05) is 13.0 Å². The molecule has 1 saturated heterocycles. The Labute approximate surface area is 119 Å². The molecule has 0 unspecified atom stereocenters. The molecule has 19 heavy (non-hydrogen) atoms. The van der Waals surface area contributed by atoms with Crippen LogP contribution in [0.3, 0.4) is 0 Å². The minimum absolute atomic E-state index is 0.326. The molecule has 5 nitrogen and oxygen atoms in total. The van der Waals surface area contributed by atoms with Gasteiger partial charge in [-0.2, -0.15) is 0 Å². The Bertz CT molecular complexity index is 466. The van der Waals surface area contributed by atoms with E-state index in [2.05, 4.69) is 33.6 Å². The van der Waals surface area contributed by atoms with E-state index in [9.17, 15) is 0 Å². The summed E-state index contributed by atoms with van der Waals surface area (Å²) in [4.78, 5) is 13.9. The highest BCUT2D eigenvalue weighted by Crippen LogP contribution is 2.14. The lowest BCUT2D eigenvalue weighted by molar-refractivity contribution is 0.208. The summed E-state index contributed by atoms with van der Waals surface area (Å²) in [6.45, 7) is 10.4. The van der Waals surface area contributed by atoms with Gasteiger partial charge in [-0.05, 0) is 26.8 Å². The molecule has 6 heteroatoms. The van der Waals surface area contributed by atoms with Crippen molar-refractivity contribution in [1.29, 1.82) is 0 Å². The Morgan fingerprint density at radius 2 is 1.89 bits per heavy atom. The standard InChI is InChI=1S/C13H21N5S/c1-9(2)17-4-6-18(7-5-17)13-15-10(3)8-11(16-13)12(14)19/h8-9H,4-7H2,1-3H3,(H2,14,19). The molecule has 0 spiro atoms. The van der Waals surface area contributed by atoms with Crippen molar-refractivity contribution >= 4 is 23.2 Å². The molecular weight excluding hydrogens is 258 g/mol. The topological polar surface area (TPSA) is 58.3 Å². The second-order valence-corrected chi connectivity index (χ2v) is 5.62. The number of aryl methyl sites for hydroxylation is 1. The minimum atomic E-state index is 0.326. The van der Waals surface area contributed by atoms with Crippen molar-refractivity contribution in [3.8, 4) is 0 Å². The number of thiocarbonyl (C=S) groups is 1. The number of aromatic nitrogens is 2. The van der Waals surface area contributed by atoms with Gasteiger partial charge in [0.2, 0.25) is 5.95 Å². The van der Waals surface area contributed by atoms with Gasteiger partial charge in [-0.3, -0.25) is 4.90 Å². The maximum absolute atomic E-state index is 5.66. The number of piperazine rings is 1. The third kappa shape index (κ3) is 3.39. The number of hydrogen-bond donors (Lipinski definition) is 1. The average molecular weight is 279 g/mol. The number of anilines is 1. The molecule has 0 atom stereocenters. The van der Waals surface area contributed by atoms with Gasteiger partial charge >= 0.3 is 0 Å². The molecule has 1 aromatic rings. The van der Waals surface area contributed by atoms with Gasteiger partial charge in [0.15, 0.2) is 0 Å². The van der Waals surface area contributed by atoms with Crippen LogP contribution in [0.4, 0.5) is 5.95 Å². The van der Waals surface area contributed by atoms with Crippen molar-refractivity contribution in [2.24, 2.45) is 5.73 Å². The van der Waals surface area contributed by atoms with Crippen molar-refractivity contribution in [3.05, 3.63) is 17.5 Å². The van der Waals surface area contributed by atoms with Gasteiger partial charge in [0.05, 0.1) is 0 Å². The summed E-state index contributed by atoms with van der Waals surface area (Å²) in [5, 5.41) is 0. The zero-order chi connectivity index (χ0) is 14.0. The molecule has 104 valence electrons. The fourth-order valence-electron chi connectivity index (χ4n) is 2.26. The molecule has 2 rings (SSSR count). The molecule has 1 fully saturated rings. The monoisotopic (exact) mass is 279 g/mol. The van der Waals surface area contributed by atoms with Gasteiger partial charge in [-0.1, -0.05) is 12.2 Å². The van der Waals surface area contributed by atoms with Crippen LogP contribution < -0.4 is 10.6 Å². The molecule has 0 amide bonds. The second-order valence-electron chi connectivity index (χ2n) is 5.18. The highest BCUT2D eigenvalue weighted by atomic mass is 32.1. The number of rotatable bonds is 3. The zero-order valence-electron chi connectivity index (χ0n) is 11.8. The third-order valence-electron chi connectivity index (χ3n) is 3.42. The van der Waals surface area contributed by atoms with E-state index in [4.69, 9.17) is 18.0 Å². The van der Waals surface area contributed by atoms with Gasteiger partial charge in [-0.15, -0.1) is 0 Å². The van der Waals surface area contributed by atoms with Crippen LogP contribution in [0.15, 0.2) is 6.07 Å². The highest BCUT2D eigenvalue weighted by molar-refractivity contribution is 7.80. The van der Waals surface area contributed by atoms with Gasteiger partial charge < -0.3 is 10.6 Å². The van der Waals surface area contributed by atoms with Crippen molar-refractivity contribution in [2.75, 3.05) is 31.1 Å². The van der Waals surface area contributed by atoms with Crippen LogP contribution in [-0.4, -0.2) is 52.1 Å². The fraction of sp³-hybridized carbons (Fsp3) is 0.615. The van der Waals surface area contributed by atoms with Gasteiger partial charge in [-0.25, -0.2) is 9.97 Å². The van der Waals surface area contributed by atoms with E-state index in [1.165, 1.54) is 0 Å². The summed E-state index contributed by atoms with van der Waals surface area (Å²) < 4.78 is 0. The minimum Gasteiger partial charge on any atom is -0.388 e. The second kappa shape index (κ2) is 5.79. The van der Waals surface area contributed by atoms with Crippen LogP contribution >= 0.6 is 12.2 Å². The lowest BCUT2D eigenvalue weighted by atomic mass is 10.2. The van der Waals surface area contributed by atoms with Crippen LogP contribution in [0.2, 0.25) is 0 Å². The maximum Gasteiger partial charge on any atom is 0.226 e. The zero-order valence-corrected chi connectivity index (χ0v) is 12.6. The number of hydrogen-bond acceptors (Lipinski definition) is 5. The van der Waals surface area contributed by atoms with Gasteiger partial charge in [0.25, 0.3) is 0 Å². The van der Waals surface area contributed by atoms with Gasteiger partial charge in [0.1, 0.15) is 10.7 Å².